The van der Waals surface area contributed by atoms with E-state index in [2.05, 4.69) is 11.4 Å². The second kappa shape index (κ2) is 4.94. The summed E-state index contributed by atoms with van der Waals surface area (Å²) in [5.74, 6) is -0.786. The number of rotatable bonds is 4. The third-order valence-electron chi connectivity index (χ3n) is 2.34. The third-order valence-corrected chi connectivity index (χ3v) is 3.21. The fraction of sp³-hybridized carbons (Fsp3) is 0.154. The first-order valence-electron chi connectivity index (χ1n) is 5.06. The molecule has 1 N–H and O–H groups in total. The standard InChI is InChI=1S/C13H12O2S/c14-13(15)9-11-5-3-10(4-6-11)8-12-2-1-7-16-12/h1-7H,8-9H2,(H,14,15). The Labute approximate surface area is 98.2 Å². The SMILES string of the molecule is O=C(O)Cc1ccc(Cc2cccs2)cc1. The van der Waals surface area contributed by atoms with Crippen molar-refractivity contribution in [2.45, 2.75) is 12.8 Å². The first kappa shape index (κ1) is 10.9. The van der Waals surface area contributed by atoms with Crippen molar-refractivity contribution in [3.63, 3.8) is 0 Å². The molecule has 0 unspecified atom stereocenters. The van der Waals surface area contributed by atoms with Gasteiger partial charge in [-0.25, -0.2) is 0 Å². The van der Waals surface area contributed by atoms with Gasteiger partial charge in [-0.1, -0.05) is 30.3 Å². The predicted octanol–water partition coefficient (Wildman–Crippen LogP) is 2.97. The zero-order chi connectivity index (χ0) is 11.4. The van der Waals surface area contributed by atoms with Gasteiger partial charge in [-0.15, -0.1) is 11.3 Å². The van der Waals surface area contributed by atoms with Gasteiger partial charge in [-0.3, -0.25) is 4.79 Å². The highest BCUT2D eigenvalue weighted by atomic mass is 32.1. The molecule has 82 valence electrons. The molecule has 1 aromatic carbocycles. The van der Waals surface area contributed by atoms with Crippen molar-refractivity contribution in [1.29, 1.82) is 0 Å². The van der Waals surface area contributed by atoms with Crippen molar-refractivity contribution in [2.24, 2.45) is 0 Å². The minimum atomic E-state index is -0.786. The lowest BCUT2D eigenvalue weighted by atomic mass is 10.1. The molecular weight excluding hydrogens is 220 g/mol. The lowest BCUT2D eigenvalue weighted by Gasteiger charge is -2.01. The molecule has 0 aliphatic rings. The summed E-state index contributed by atoms with van der Waals surface area (Å²) in [5.41, 5.74) is 2.07. The molecule has 0 amide bonds. The van der Waals surface area contributed by atoms with Gasteiger partial charge in [-0.05, 0) is 22.6 Å². The molecule has 1 heterocycles. The maximum Gasteiger partial charge on any atom is 0.307 e. The Kier molecular flexibility index (Phi) is 3.37. The average molecular weight is 232 g/mol. The van der Waals surface area contributed by atoms with E-state index in [9.17, 15) is 4.79 Å². The maximum atomic E-state index is 10.5. The van der Waals surface area contributed by atoms with Crippen LogP contribution in [0.3, 0.4) is 0 Å². The Morgan fingerprint density at radius 2 is 1.81 bits per heavy atom. The van der Waals surface area contributed by atoms with Crippen LogP contribution < -0.4 is 0 Å². The molecule has 0 aliphatic heterocycles. The van der Waals surface area contributed by atoms with Gasteiger partial charge < -0.3 is 5.11 Å². The fourth-order valence-corrected chi connectivity index (χ4v) is 2.30. The Morgan fingerprint density at radius 3 is 2.38 bits per heavy atom. The lowest BCUT2D eigenvalue weighted by molar-refractivity contribution is -0.136. The molecule has 0 atom stereocenters. The maximum absolute atomic E-state index is 10.5. The normalized spacial score (nSPS) is 10.2. The smallest absolute Gasteiger partial charge is 0.307 e. The van der Waals surface area contributed by atoms with Gasteiger partial charge in [0.2, 0.25) is 0 Å². The van der Waals surface area contributed by atoms with Crippen molar-refractivity contribution < 1.29 is 9.90 Å². The first-order valence-corrected chi connectivity index (χ1v) is 5.94. The predicted molar refractivity (Wildman–Crippen MR) is 64.9 cm³/mol. The van der Waals surface area contributed by atoms with Crippen LogP contribution in [0.2, 0.25) is 0 Å². The summed E-state index contributed by atoms with van der Waals surface area (Å²) in [6.07, 6.45) is 1.02. The Bertz CT molecular complexity index is 457. The number of carboxylic acid groups (broad SMARTS) is 1. The molecule has 0 radical (unpaired) electrons. The van der Waals surface area contributed by atoms with E-state index in [1.165, 1.54) is 10.4 Å². The van der Waals surface area contributed by atoms with Crippen LogP contribution in [-0.2, 0) is 17.6 Å². The van der Waals surface area contributed by atoms with Crippen LogP contribution in [0, 0.1) is 0 Å². The topological polar surface area (TPSA) is 37.3 Å². The Balaban J connectivity index is 2.05. The van der Waals surface area contributed by atoms with E-state index in [4.69, 9.17) is 5.11 Å². The quantitative estimate of drug-likeness (QED) is 0.880. The number of hydrogen-bond acceptors (Lipinski definition) is 2. The highest BCUT2D eigenvalue weighted by Crippen LogP contribution is 2.15. The van der Waals surface area contributed by atoms with Crippen LogP contribution in [0.1, 0.15) is 16.0 Å². The zero-order valence-corrected chi connectivity index (χ0v) is 9.54. The van der Waals surface area contributed by atoms with E-state index in [1.807, 2.05) is 30.3 Å². The van der Waals surface area contributed by atoms with Crippen LogP contribution >= 0.6 is 11.3 Å². The minimum Gasteiger partial charge on any atom is -0.481 e. The van der Waals surface area contributed by atoms with Gasteiger partial charge in [0, 0.05) is 11.3 Å². The van der Waals surface area contributed by atoms with E-state index in [0.29, 0.717) is 0 Å². The first-order chi connectivity index (χ1) is 7.74. The highest BCUT2D eigenvalue weighted by molar-refractivity contribution is 7.09. The summed E-state index contributed by atoms with van der Waals surface area (Å²) in [6.45, 7) is 0. The van der Waals surface area contributed by atoms with Crippen LogP contribution in [0.5, 0.6) is 0 Å². The van der Waals surface area contributed by atoms with Crippen LogP contribution in [-0.4, -0.2) is 11.1 Å². The number of carbonyl (C=O) groups is 1. The molecule has 0 saturated heterocycles. The Hall–Kier alpha value is -1.61. The summed E-state index contributed by atoms with van der Waals surface area (Å²) >= 11 is 1.74. The molecule has 2 aromatic rings. The second-order valence-corrected chi connectivity index (χ2v) is 4.68. The van der Waals surface area contributed by atoms with E-state index in [-0.39, 0.29) is 6.42 Å². The molecule has 0 bridgehead atoms. The van der Waals surface area contributed by atoms with Crippen molar-refractivity contribution in [2.75, 3.05) is 0 Å². The molecule has 0 aliphatic carbocycles. The largest absolute Gasteiger partial charge is 0.481 e. The summed E-state index contributed by atoms with van der Waals surface area (Å²) in [7, 11) is 0. The van der Waals surface area contributed by atoms with Crippen LogP contribution in [0.25, 0.3) is 0 Å². The van der Waals surface area contributed by atoms with Gasteiger partial charge in [0.1, 0.15) is 0 Å². The van der Waals surface area contributed by atoms with Gasteiger partial charge in [0.25, 0.3) is 0 Å². The zero-order valence-electron chi connectivity index (χ0n) is 8.72. The van der Waals surface area contributed by atoms with Gasteiger partial charge in [0.05, 0.1) is 6.42 Å². The van der Waals surface area contributed by atoms with E-state index in [0.717, 1.165) is 12.0 Å². The van der Waals surface area contributed by atoms with Gasteiger partial charge in [-0.2, -0.15) is 0 Å². The molecule has 2 rings (SSSR count). The molecule has 0 fully saturated rings. The van der Waals surface area contributed by atoms with Gasteiger partial charge in [0.15, 0.2) is 0 Å². The highest BCUT2D eigenvalue weighted by Gasteiger charge is 2.01. The van der Waals surface area contributed by atoms with E-state index in [1.54, 1.807) is 11.3 Å². The van der Waals surface area contributed by atoms with Crippen LogP contribution in [0.15, 0.2) is 41.8 Å². The summed E-state index contributed by atoms with van der Waals surface area (Å²) < 4.78 is 0. The lowest BCUT2D eigenvalue weighted by Crippen LogP contribution is -1.99. The third kappa shape index (κ3) is 2.94. The van der Waals surface area contributed by atoms with Crippen LogP contribution in [0.4, 0.5) is 0 Å². The number of hydrogen-bond donors (Lipinski definition) is 1. The van der Waals surface area contributed by atoms with Crippen molar-refractivity contribution in [3.8, 4) is 0 Å². The minimum absolute atomic E-state index is 0.0965. The van der Waals surface area contributed by atoms with E-state index >= 15 is 0 Å². The number of aliphatic carboxylic acids is 1. The van der Waals surface area contributed by atoms with Gasteiger partial charge >= 0.3 is 5.97 Å². The van der Waals surface area contributed by atoms with Crippen molar-refractivity contribution in [3.05, 3.63) is 57.8 Å². The summed E-state index contributed by atoms with van der Waals surface area (Å²) in [6, 6.07) is 11.9. The number of thiophene rings is 1. The van der Waals surface area contributed by atoms with E-state index < -0.39 is 5.97 Å². The average Bonchev–Trinajstić information content (AvgIpc) is 2.73. The van der Waals surface area contributed by atoms with Crippen molar-refractivity contribution in [1.82, 2.24) is 0 Å². The molecule has 1 aromatic heterocycles. The summed E-state index contributed by atoms with van der Waals surface area (Å²) in [5, 5.41) is 10.7. The molecule has 3 heteroatoms. The molecule has 16 heavy (non-hydrogen) atoms. The molecular formula is C13H12O2S. The monoisotopic (exact) mass is 232 g/mol. The molecule has 0 spiro atoms. The van der Waals surface area contributed by atoms with Crippen molar-refractivity contribution >= 4 is 17.3 Å². The second-order valence-electron chi connectivity index (χ2n) is 3.64. The summed E-state index contributed by atoms with van der Waals surface area (Å²) in [4.78, 5) is 11.8. The fourth-order valence-electron chi connectivity index (χ4n) is 1.56. The molecule has 0 saturated carbocycles. The number of carboxylic acids is 1. The number of benzene rings is 1. The Morgan fingerprint density at radius 1 is 1.12 bits per heavy atom. The molecule has 2 nitrogen and oxygen atoms in total.